The van der Waals surface area contributed by atoms with Gasteiger partial charge >= 0.3 is 0 Å². The highest BCUT2D eigenvalue weighted by atomic mass is 16.5. The maximum Gasteiger partial charge on any atom is 0.290 e. The largest absolute Gasteiger partial charge is 0.484 e. The summed E-state index contributed by atoms with van der Waals surface area (Å²) in [6.45, 7) is 6.56. The molecule has 8 heteroatoms. The van der Waals surface area contributed by atoms with Gasteiger partial charge in [0.25, 0.3) is 11.8 Å². The normalized spacial score (nSPS) is 14.9. The molecule has 38 heavy (non-hydrogen) atoms. The van der Waals surface area contributed by atoms with Crippen molar-refractivity contribution in [3.8, 4) is 5.75 Å². The molecule has 4 aromatic rings. The summed E-state index contributed by atoms with van der Waals surface area (Å²) >= 11 is 0. The van der Waals surface area contributed by atoms with Gasteiger partial charge in [-0.15, -0.1) is 0 Å². The smallest absolute Gasteiger partial charge is 0.290 e. The molecule has 2 aromatic heterocycles. The van der Waals surface area contributed by atoms with Crippen LogP contribution in [0.2, 0.25) is 0 Å². The maximum atomic E-state index is 13.4. The molecule has 2 amide bonds. The van der Waals surface area contributed by atoms with Crippen molar-refractivity contribution in [1.82, 2.24) is 14.8 Å². The van der Waals surface area contributed by atoms with Gasteiger partial charge in [-0.1, -0.05) is 35.9 Å². The number of hydrogen-bond donors (Lipinski definition) is 0. The Hall–Kier alpha value is -4.33. The average Bonchev–Trinajstić information content (AvgIpc) is 3.63. The Morgan fingerprint density at radius 3 is 2.71 bits per heavy atom. The molecule has 0 saturated carbocycles. The molecule has 0 radical (unpaired) electrons. The second-order valence-electron chi connectivity index (χ2n) is 9.83. The summed E-state index contributed by atoms with van der Waals surface area (Å²) in [5, 5.41) is 0. The molecule has 0 spiro atoms. The highest BCUT2D eigenvalue weighted by Crippen LogP contribution is 2.38. The van der Waals surface area contributed by atoms with Crippen molar-refractivity contribution < 1.29 is 23.2 Å². The monoisotopic (exact) mass is 513 g/mol. The van der Waals surface area contributed by atoms with Crippen molar-refractivity contribution in [1.29, 1.82) is 0 Å². The van der Waals surface area contributed by atoms with Crippen LogP contribution in [0.3, 0.4) is 0 Å². The van der Waals surface area contributed by atoms with E-state index in [0.717, 1.165) is 28.7 Å². The summed E-state index contributed by atoms with van der Waals surface area (Å²) in [5.74, 6) is 0.899. The summed E-state index contributed by atoms with van der Waals surface area (Å²) in [4.78, 5) is 33.7. The molecule has 0 fully saturated rings. The van der Waals surface area contributed by atoms with Gasteiger partial charge in [0.15, 0.2) is 18.1 Å². The minimum atomic E-state index is -0.294. The zero-order valence-electron chi connectivity index (χ0n) is 22.0. The molecule has 1 aliphatic heterocycles. The first-order chi connectivity index (χ1) is 18.3. The molecule has 8 nitrogen and oxygen atoms in total. The summed E-state index contributed by atoms with van der Waals surface area (Å²) in [6, 6.07) is 17.3. The van der Waals surface area contributed by atoms with E-state index >= 15 is 0 Å². The van der Waals surface area contributed by atoms with Crippen LogP contribution in [0.5, 0.6) is 5.75 Å². The molecule has 0 saturated heterocycles. The fraction of sp³-hybridized carbons (Fsp3) is 0.300. The SMILES string of the molecule is Cc1cccc([C@H]2c3cc(OCc4nc(C(=O)N(C)C(C)C)co4)ccc3CCN2C(=O)c2ccco2)c1. The minimum absolute atomic E-state index is 0.0509. The van der Waals surface area contributed by atoms with Crippen LogP contribution in [-0.4, -0.2) is 46.2 Å². The van der Waals surface area contributed by atoms with Crippen LogP contribution in [0, 0.1) is 6.92 Å². The first-order valence-electron chi connectivity index (χ1n) is 12.7. The number of oxazole rings is 1. The average molecular weight is 514 g/mol. The van der Waals surface area contributed by atoms with Gasteiger partial charge in [0, 0.05) is 19.6 Å². The van der Waals surface area contributed by atoms with Gasteiger partial charge in [-0.25, -0.2) is 4.98 Å². The standard InChI is InChI=1S/C30H31N3O5/c1-19(2)32(4)29(34)25-17-38-27(31-25)18-37-23-11-10-21-12-13-33(30(35)26-9-6-14-36-26)28(24(21)16-23)22-8-5-7-20(3)15-22/h5-11,14-17,19,28H,12-13,18H2,1-4H3/t28-/m0/s1. The van der Waals surface area contributed by atoms with Gasteiger partial charge in [0.1, 0.15) is 12.0 Å². The zero-order valence-corrected chi connectivity index (χ0v) is 22.0. The molecule has 5 rings (SSSR count). The lowest BCUT2D eigenvalue weighted by atomic mass is 9.87. The van der Waals surface area contributed by atoms with Crippen LogP contribution < -0.4 is 4.74 Å². The second kappa shape index (κ2) is 10.6. The van der Waals surface area contributed by atoms with Gasteiger partial charge in [-0.3, -0.25) is 9.59 Å². The Kier molecular flexibility index (Phi) is 7.05. The van der Waals surface area contributed by atoms with Crippen LogP contribution in [0.25, 0.3) is 0 Å². The molecule has 0 N–H and O–H groups in total. The van der Waals surface area contributed by atoms with Crippen molar-refractivity contribution in [3.63, 3.8) is 0 Å². The fourth-order valence-corrected chi connectivity index (χ4v) is 4.68. The van der Waals surface area contributed by atoms with Crippen LogP contribution in [-0.2, 0) is 13.0 Å². The van der Waals surface area contributed by atoms with Crippen LogP contribution in [0.15, 0.2) is 76.0 Å². The summed E-state index contributed by atoms with van der Waals surface area (Å²) in [7, 11) is 1.73. The Balaban J connectivity index is 1.41. The number of carbonyl (C=O) groups excluding carboxylic acids is 2. The molecule has 1 atom stereocenters. The number of hydrogen-bond acceptors (Lipinski definition) is 6. The highest BCUT2D eigenvalue weighted by molar-refractivity contribution is 5.92. The zero-order chi connectivity index (χ0) is 26.8. The number of amides is 2. The van der Waals surface area contributed by atoms with Gasteiger partial charge < -0.3 is 23.4 Å². The number of benzene rings is 2. The molecule has 196 valence electrons. The van der Waals surface area contributed by atoms with Crippen molar-refractivity contribution >= 4 is 11.8 Å². The quantitative estimate of drug-likeness (QED) is 0.328. The second-order valence-corrected chi connectivity index (χ2v) is 9.83. The Morgan fingerprint density at radius 1 is 1.13 bits per heavy atom. The first-order valence-corrected chi connectivity index (χ1v) is 12.7. The van der Waals surface area contributed by atoms with E-state index in [1.54, 1.807) is 24.1 Å². The lowest BCUT2D eigenvalue weighted by Gasteiger charge is -2.37. The predicted octanol–water partition coefficient (Wildman–Crippen LogP) is 5.42. The summed E-state index contributed by atoms with van der Waals surface area (Å²) in [6.07, 6.45) is 3.60. The topological polar surface area (TPSA) is 89.0 Å². The number of aryl methyl sites for hydroxylation is 1. The third-order valence-electron chi connectivity index (χ3n) is 6.92. The van der Waals surface area contributed by atoms with Gasteiger partial charge in [-0.05, 0) is 68.1 Å². The minimum Gasteiger partial charge on any atom is -0.484 e. The summed E-state index contributed by atoms with van der Waals surface area (Å²) < 4.78 is 17.0. The molecule has 0 unspecified atom stereocenters. The van der Waals surface area contributed by atoms with Crippen LogP contribution in [0.4, 0.5) is 0 Å². The molecular formula is C30H31N3O5. The fourth-order valence-electron chi connectivity index (χ4n) is 4.68. The number of furan rings is 1. The molecule has 0 bridgehead atoms. The third-order valence-corrected chi connectivity index (χ3v) is 6.92. The molecule has 0 aliphatic carbocycles. The van der Waals surface area contributed by atoms with E-state index in [2.05, 4.69) is 11.1 Å². The number of nitrogens with zero attached hydrogens (tertiary/aromatic N) is 3. The number of aromatic nitrogens is 1. The van der Waals surface area contributed by atoms with Gasteiger partial charge in [0.2, 0.25) is 5.89 Å². The van der Waals surface area contributed by atoms with Crippen molar-refractivity contribution in [3.05, 3.63) is 107 Å². The van der Waals surface area contributed by atoms with Crippen molar-refractivity contribution in [2.45, 2.75) is 45.9 Å². The molecular weight excluding hydrogens is 482 g/mol. The number of rotatable bonds is 7. The van der Waals surface area contributed by atoms with E-state index in [0.29, 0.717) is 23.9 Å². The Labute approximate surface area is 221 Å². The van der Waals surface area contributed by atoms with Crippen LogP contribution >= 0.6 is 0 Å². The summed E-state index contributed by atoms with van der Waals surface area (Å²) in [5.41, 5.74) is 4.55. The molecule has 2 aromatic carbocycles. The van der Waals surface area contributed by atoms with E-state index < -0.39 is 0 Å². The number of ether oxygens (including phenoxy) is 1. The van der Waals surface area contributed by atoms with E-state index in [1.165, 1.54) is 12.5 Å². The van der Waals surface area contributed by atoms with Crippen molar-refractivity contribution in [2.24, 2.45) is 0 Å². The first kappa shape index (κ1) is 25.3. The van der Waals surface area contributed by atoms with E-state index in [9.17, 15) is 9.59 Å². The van der Waals surface area contributed by atoms with Gasteiger partial charge in [0.05, 0.1) is 12.3 Å². The number of carbonyl (C=O) groups is 2. The lowest BCUT2D eigenvalue weighted by Crippen LogP contribution is -2.40. The Bertz CT molecular complexity index is 1440. The number of fused-ring (bicyclic) bond motifs is 1. The van der Waals surface area contributed by atoms with E-state index in [-0.39, 0.29) is 36.2 Å². The predicted molar refractivity (Wildman–Crippen MR) is 141 cm³/mol. The van der Waals surface area contributed by atoms with Crippen LogP contribution in [0.1, 0.15) is 69.1 Å². The van der Waals surface area contributed by atoms with E-state index in [1.807, 2.05) is 62.1 Å². The molecule has 1 aliphatic rings. The molecule has 3 heterocycles. The van der Waals surface area contributed by atoms with Gasteiger partial charge in [-0.2, -0.15) is 0 Å². The Morgan fingerprint density at radius 2 is 1.97 bits per heavy atom. The van der Waals surface area contributed by atoms with Crippen molar-refractivity contribution in [2.75, 3.05) is 13.6 Å². The lowest BCUT2D eigenvalue weighted by molar-refractivity contribution is 0.0661. The maximum absolute atomic E-state index is 13.4. The van der Waals surface area contributed by atoms with E-state index in [4.69, 9.17) is 13.6 Å². The third kappa shape index (κ3) is 5.07. The highest BCUT2D eigenvalue weighted by Gasteiger charge is 2.34.